The summed E-state index contributed by atoms with van der Waals surface area (Å²) < 4.78 is 5.18. The number of aryl methyl sites for hydroxylation is 1. The van der Waals surface area contributed by atoms with E-state index < -0.39 is 0 Å². The number of thiophene rings is 1. The molecule has 8 heteroatoms. The summed E-state index contributed by atoms with van der Waals surface area (Å²) in [4.78, 5) is 19.7. The maximum atomic E-state index is 11.9. The van der Waals surface area contributed by atoms with E-state index in [9.17, 15) is 4.79 Å². The second kappa shape index (κ2) is 11.9. The van der Waals surface area contributed by atoms with Gasteiger partial charge in [-0.15, -0.1) is 35.3 Å². The van der Waals surface area contributed by atoms with E-state index >= 15 is 0 Å². The third-order valence-corrected chi connectivity index (χ3v) is 4.77. The van der Waals surface area contributed by atoms with Crippen molar-refractivity contribution in [3.63, 3.8) is 0 Å². The maximum absolute atomic E-state index is 11.9. The molecule has 2 N–H and O–H groups in total. The largest absolute Gasteiger partial charge is 0.459 e. The standard InChI is InChI=1S/C18H26N4O2S.HI/c1-14-8-12-24-16(14)17(23)20-9-5-10-21-18(19-2)22(3)11-7-15-6-4-13-25-15;/h4,6,8,12-13H,5,7,9-11H2,1-3H3,(H,19,21)(H,20,23);1H. The van der Waals surface area contributed by atoms with E-state index in [-0.39, 0.29) is 29.9 Å². The topological polar surface area (TPSA) is 69.9 Å². The quantitative estimate of drug-likeness (QED) is 0.258. The summed E-state index contributed by atoms with van der Waals surface area (Å²) in [6.45, 7) is 4.10. The molecule has 0 saturated carbocycles. The lowest BCUT2D eigenvalue weighted by atomic mass is 10.2. The first-order valence-corrected chi connectivity index (χ1v) is 9.26. The minimum absolute atomic E-state index is 0. The number of furan rings is 1. The second-order valence-corrected chi connectivity index (χ2v) is 6.80. The fourth-order valence-electron chi connectivity index (χ4n) is 2.40. The zero-order chi connectivity index (χ0) is 18.1. The van der Waals surface area contributed by atoms with E-state index in [1.165, 1.54) is 11.1 Å². The number of carbonyl (C=O) groups excluding carboxylic acids is 1. The highest BCUT2D eigenvalue weighted by Gasteiger charge is 2.11. The van der Waals surface area contributed by atoms with Gasteiger partial charge in [-0.1, -0.05) is 6.07 Å². The van der Waals surface area contributed by atoms with Crippen LogP contribution in [0.2, 0.25) is 0 Å². The zero-order valence-corrected chi connectivity index (χ0v) is 18.6. The third-order valence-electron chi connectivity index (χ3n) is 3.84. The highest BCUT2D eigenvalue weighted by Crippen LogP contribution is 2.09. The SMILES string of the molecule is CN=C(NCCCNC(=O)c1occc1C)N(C)CCc1cccs1.I. The predicted molar refractivity (Wildman–Crippen MR) is 118 cm³/mol. The summed E-state index contributed by atoms with van der Waals surface area (Å²) in [6.07, 6.45) is 3.35. The van der Waals surface area contributed by atoms with Crippen molar-refractivity contribution in [2.24, 2.45) is 4.99 Å². The lowest BCUT2D eigenvalue weighted by molar-refractivity contribution is 0.0925. The Morgan fingerprint density at radius 3 is 2.69 bits per heavy atom. The normalized spacial score (nSPS) is 11.0. The Bertz CT molecular complexity index is 685. The van der Waals surface area contributed by atoms with Crippen LogP contribution < -0.4 is 10.6 Å². The molecule has 6 nitrogen and oxygen atoms in total. The van der Waals surface area contributed by atoms with Gasteiger partial charge in [0.25, 0.3) is 5.91 Å². The van der Waals surface area contributed by atoms with E-state index in [4.69, 9.17) is 4.42 Å². The van der Waals surface area contributed by atoms with Crippen LogP contribution >= 0.6 is 35.3 Å². The monoisotopic (exact) mass is 490 g/mol. The Kier molecular flexibility index (Phi) is 10.3. The first-order chi connectivity index (χ1) is 12.1. The Hall–Kier alpha value is -1.55. The van der Waals surface area contributed by atoms with Gasteiger partial charge in [0.05, 0.1) is 6.26 Å². The van der Waals surface area contributed by atoms with Gasteiger partial charge in [0.1, 0.15) is 0 Å². The summed E-state index contributed by atoms with van der Waals surface area (Å²) in [6, 6.07) is 6.01. The number of likely N-dealkylation sites (N-methyl/N-ethyl adjacent to an activating group) is 1. The summed E-state index contributed by atoms with van der Waals surface area (Å²) in [5.74, 6) is 1.08. The lowest BCUT2D eigenvalue weighted by Gasteiger charge is -2.21. The van der Waals surface area contributed by atoms with Crippen LogP contribution in [0.3, 0.4) is 0 Å². The second-order valence-electron chi connectivity index (χ2n) is 5.77. The van der Waals surface area contributed by atoms with Crippen LogP contribution in [0.15, 0.2) is 39.3 Å². The third kappa shape index (κ3) is 6.99. The molecule has 0 aromatic carbocycles. The molecule has 0 aliphatic heterocycles. The number of hydrogen-bond acceptors (Lipinski definition) is 4. The maximum Gasteiger partial charge on any atom is 0.287 e. The number of halogens is 1. The van der Waals surface area contributed by atoms with Crippen molar-refractivity contribution in [2.75, 3.05) is 33.7 Å². The first-order valence-electron chi connectivity index (χ1n) is 8.38. The molecule has 0 aliphatic rings. The number of amides is 1. The van der Waals surface area contributed by atoms with E-state index in [0.29, 0.717) is 12.3 Å². The minimum Gasteiger partial charge on any atom is -0.459 e. The van der Waals surface area contributed by atoms with Crippen molar-refractivity contribution in [2.45, 2.75) is 19.8 Å². The molecular formula is C18H27IN4O2S. The molecule has 0 fully saturated rings. The molecule has 0 saturated heterocycles. The van der Waals surface area contributed by atoms with Gasteiger partial charge < -0.3 is 20.0 Å². The smallest absolute Gasteiger partial charge is 0.287 e. The van der Waals surface area contributed by atoms with Crippen LogP contribution in [0.25, 0.3) is 0 Å². The Balaban J connectivity index is 0.00000338. The number of rotatable bonds is 8. The van der Waals surface area contributed by atoms with Crippen molar-refractivity contribution in [3.05, 3.63) is 46.0 Å². The van der Waals surface area contributed by atoms with Crippen LogP contribution in [0.1, 0.15) is 27.4 Å². The highest BCUT2D eigenvalue weighted by molar-refractivity contribution is 14.0. The number of carbonyl (C=O) groups is 1. The summed E-state index contributed by atoms with van der Waals surface area (Å²) in [5.41, 5.74) is 0.850. The predicted octanol–water partition coefficient (Wildman–Crippen LogP) is 3.14. The van der Waals surface area contributed by atoms with Gasteiger partial charge in [-0.2, -0.15) is 0 Å². The average Bonchev–Trinajstić information content (AvgIpc) is 3.27. The molecule has 0 atom stereocenters. The van der Waals surface area contributed by atoms with Crippen LogP contribution in [0.4, 0.5) is 0 Å². The van der Waals surface area contributed by atoms with Crippen molar-refractivity contribution in [1.29, 1.82) is 0 Å². The lowest BCUT2D eigenvalue weighted by Crippen LogP contribution is -2.41. The van der Waals surface area contributed by atoms with Gasteiger partial charge in [-0.3, -0.25) is 9.79 Å². The molecule has 0 aliphatic carbocycles. The Labute approximate surface area is 176 Å². The van der Waals surface area contributed by atoms with Gasteiger partial charge in [0.15, 0.2) is 11.7 Å². The van der Waals surface area contributed by atoms with Crippen molar-refractivity contribution in [3.8, 4) is 0 Å². The van der Waals surface area contributed by atoms with Crippen molar-refractivity contribution >= 4 is 47.2 Å². The molecule has 2 heterocycles. The van der Waals surface area contributed by atoms with E-state index in [1.54, 1.807) is 24.5 Å². The number of guanidine groups is 1. The molecule has 2 rings (SSSR count). The van der Waals surface area contributed by atoms with E-state index in [2.05, 4.69) is 38.0 Å². The first kappa shape index (κ1) is 22.5. The van der Waals surface area contributed by atoms with Gasteiger partial charge in [-0.05, 0) is 37.3 Å². The molecular weight excluding hydrogens is 463 g/mol. The summed E-state index contributed by atoms with van der Waals surface area (Å²) in [7, 11) is 3.82. The van der Waals surface area contributed by atoms with Crippen molar-refractivity contribution < 1.29 is 9.21 Å². The van der Waals surface area contributed by atoms with E-state index in [0.717, 1.165) is 37.5 Å². The van der Waals surface area contributed by atoms with Crippen LogP contribution in [-0.2, 0) is 6.42 Å². The van der Waals surface area contributed by atoms with Gasteiger partial charge in [0, 0.05) is 44.2 Å². The van der Waals surface area contributed by atoms with Crippen LogP contribution in [0, 0.1) is 6.92 Å². The molecule has 0 radical (unpaired) electrons. The van der Waals surface area contributed by atoms with E-state index in [1.807, 2.05) is 14.0 Å². The fourth-order valence-corrected chi connectivity index (χ4v) is 3.10. The van der Waals surface area contributed by atoms with Crippen molar-refractivity contribution in [1.82, 2.24) is 15.5 Å². The molecule has 0 bridgehead atoms. The number of nitrogens with zero attached hydrogens (tertiary/aromatic N) is 2. The summed E-state index contributed by atoms with van der Waals surface area (Å²) in [5, 5.41) is 8.29. The van der Waals surface area contributed by atoms with Gasteiger partial charge >= 0.3 is 0 Å². The van der Waals surface area contributed by atoms with Crippen LogP contribution in [0.5, 0.6) is 0 Å². The molecule has 26 heavy (non-hydrogen) atoms. The molecule has 0 spiro atoms. The summed E-state index contributed by atoms with van der Waals surface area (Å²) >= 11 is 1.78. The fraction of sp³-hybridized carbons (Fsp3) is 0.444. The highest BCUT2D eigenvalue weighted by atomic mass is 127. The number of aliphatic imine (C=N–C) groups is 1. The zero-order valence-electron chi connectivity index (χ0n) is 15.4. The molecule has 0 unspecified atom stereocenters. The van der Waals surface area contributed by atoms with Gasteiger partial charge in [-0.25, -0.2) is 0 Å². The number of hydrogen-bond donors (Lipinski definition) is 2. The molecule has 1 amide bonds. The van der Waals surface area contributed by atoms with Gasteiger partial charge in [0.2, 0.25) is 0 Å². The Morgan fingerprint density at radius 2 is 2.08 bits per heavy atom. The number of nitrogens with one attached hydrogen (secondary N) is 2. The van der Waals surface area contributed by atoms with Crippen LogP contribution in [-0.4, -0.2) is 50.5 Å². The molecule has 2 aromatic rings. The minimum atomic E-state index is -0.167. The molecule has 2 aromatic heterocycles. The Morgan fingerprint density at radius 1 is 1.31 bits per heavy atom. The average molecular weight is 490 g/mol. The molecule has 144 valence electrons.